The average molecular weight is 361 g/mol. The van der Waals surface area contributed by atoms with E-state index in [0.717, 1.165) is 4.90 Å². The Balaban J connectivity index is 1.74. The summed E-state index contributed by atoms with van der Waals surface area (Å²) in [5, 5.41) is 4.82. The number of carbonyl (C=O) groups is 2. The van der Waals surface area contributed by atoms with Gasteiger partial charge in [0.1, 0.15) is 11.6 Å². The van der Waals surface area contributed by atoms with Crippen LogP contribution in [0, 0.1) is 5.92 Å². The summed E-state index contributed by atoms with van der Waals surface area (Å²) in [5.41, 5.74) is 1.36. The third-order valence-corrected chi connectivity index (χ3v) is 4.59. The Morgan fingerprint density at radius 2 is 1.79 bits per heavy atom. The minimum Gasteiger partial charge on any atom is -0.381 e. The van der Waals surface area contributed by atoms with Gasteiger partial charge in [-0.3, -0.25) is 9.59 Å². The van der Waals surface area contributed by atoms with Crippen molar-refractivity contribution in [2.24, 2.45) is 11.1 Å². The standard InChI is InChI=1S/C17H10Cl2N2O3/c18-9-4-3-5-10(8-9)21-16(22)13-14(20-24-15(13)17(21)23)11-6-1-2-7-12(11)19/h1-8,13,15H/t13-,15-/m1/s1. The fourth-order valence-corrected chi connectivity index (χ4v) is 3.36. The van der Waals surface area contributed by atoms with Crippen molar-refractivity contribution in [1.82, 2.24) is 0 Å². The summed E-state index contributed by atoms with van der Waals surface area (Å²) in [6.07, 6.45) is -0.970. The highest BCUT2D eigenvalue weighted by Gasteiger charge is 2.56. The minimum absolute atomic E-state index is 0.369. The lowest BCUT2D eigenvalue weighted by Gasteiger charge is -2.15. The van der Waals surface area contributed by atoms with Gasteiger partial charge >= 0.3 is 0 Å². The van der Waals surface area contributed by atoms with Crippen LogP contribution in [-0.4, -0.2) is 23.6 Å². The Kier molecular flexibility index (Phi) is 3.55. The van der Waals surface area contributed by atoms with Crippen molar-refractivity contribution in [3.63, 3.8) is 0 Å². The first-order valence-electron chi connectivity index (χ1n) is 7.20. The summed E-state index contributed by atoms with van der Waals surface area (Å²) in [5.74, 6) is -1.67. The van der Waals surface area contributed by atoms with Gasteiger partial charge in [-0.05, 0) is 24.3 Å². The number of hydrogen-bond acceptors (Lipinski definition) is 4. The molecule has 2 heterocycles. The second-order valence-corrected chi connectivity index (χ2v) is 6.30. The highest BCUT2D eigenvalue weighted by molar-refractivity contribution is 6.38. The lowest BCUT2D eigenvalue weighted by Crippen LogP contribution is -2.33. The van der Waals surface area contributed by atoms with Crippen LogP contribution in [0.1, 0.15) is 5.56 Å². The zero-order valence-corrected chi connectivity index (χ0v) is 13.7. The van der Waals surface area contributed by atoms with Crippen molar-refractivity contribution in [1.29, 1.82) is 0 Å². The van der Waals surface area contributed by atoms with Gasteiger partial charge in [0, 0.05) is 15.6 Å². The van der Waals surface area contributed by atoms with Crippen LogP contribution in [0.15, 0.2) is 53.7 Å². The van der Waals surface area contributed by atoms with Crippen LogP contribution in [0.2, 0.25) is 10.0 Å². The molecule has 120 valence electrons. The smallest absolute Gasteiger partial charge is 0.278 e. The Morgan fingerprint density at radius 1 is 1.00 bits per heavy atom. The van der Waals surface area contributed by atoms with Crippen molar-refractivity contribution < 1.29 is 14.4 Å². The van der Waals surface area contributed by atoms with Crippen molar-refractivity contribution in [2.75, 3.05) is 4.90 Å². The lowest BCUT2D eigenvalue weighted by molar-refractivity contribution is -0.126. The van der Waals surface area contributed by atoms with Crippen molar-refractivity contribution in [3.8, 4) is 0 Å². The van der Waals surface area contributed by atoms with Crippen molar-refractivity contribution in [2.45, 2.75) is 6.10 Å². The first-order chi connectivity index (χ1) is 11.6. The molecule has 1 saturated heterocycles. The third-order valence-electron chi connectivity index (χ3n) is 4.03. The Morgan fingerprint density at radius 3 is 2.54 bits per heavy atom. The molecule has 7 heteroatoms. The number of rotatable bonds is 2. The normalized spacial score (nSPS) is 22.4. The van der Waals surface area contributed by atoms with Gasteiger partial charge in [-0.1, -0.05) is 52.6 Å². The quantitative estimate of drug-likeness (QED) is 0.772. The molecule has 24 heavy (non-hydrogen) atoms. The van der Waals surface area contributed by atoms with Crippen LogP contribution in [0.25, 0.3) is 0 Å². The van der Waals surface area contributed by atoms with Gasteiger partial charge in [-0.15, -0.1) is 0 Å². The highest BCUT2D eigenvalue weighted by Crippen LogP contribution is 2.36. The molecule has 0 spiro atoms. The molecule has 0 bridgehead atoms. The monoisotopic (exact) mass is 360 g/mol. The fourth-order valence-electron chi connectivity index (χ4n) is 2.94. The van der Waals surface area contributed by atoms with Gasteiger partial charge in [0.05, 0.1) is 5.69 Å². The second-order valence-electron chi connectivity index (χ2n) is 5.45. The van der Waals surface area contributed by atoms with Crippen LogP contribution in [0.4, 0.5) is 5.69 Å². The predicted molar refractivity (Wildman–Crippen MR) is 90.3 cm³/mol. The number of imide groups is 1. The summed E-state index contributed by atoms with van der Waals surface area (Å²) >= 11 is 12.2. The van der Waals surface area contributed by atoms with E-state index in [2.05, 4.69) is 5.16 Å². The average Bonchev–Trinajstić information content (AvgIpc) is 3.09. The molecule has 0 aliphatic carbocycles. The van der Waals surface area contributed by atoms with E-state index in [1.54, 1.807) is 48.5 Å². The van der Waals surface area contributed by atoms with Gasteiger partial charge in [-0.2, -0.15) is 0 Å². The first kappa shape index (κ1) is 15.2. The van der Waals surface area contributed by atoms with E-state index in [-0.39, 0.29) is 0 Å². The minimum atomic E-state index is -0.970. The molecule has 0 saturated carbocycles. The van der Waals surface area contributed by atoms with Gasteiger partial charge < -0.3 is 4.84 Å². The maximum atomic E-state index is 12.9. The third kappa shape index (κ3) is 2.20. The zero-order valence-electron chi connectivity index (χ0n) is 12.1. The van der Waals surface area contributed by atoms with Gasteiger partial charge in [0.15, 0.2) is 0 Å². The topological polar surface area (TPSA) is 59.0 Å². The summed E-state index contributed by atoms with van der Waals surface area (Å²) < 4.78 is 0. The molecule has 1 fully saturated rings. The summed E-state index contributed by atoms with van der Waals surface area (Å²) in [6.45, 7) is 0. The van der Waals surface area contributed by atoms with Crippen LogP contribution >= 0.6 is 23.2 Å². The van der Waals surface area contributed by atoms with Gasteiger partial charge in [0.25, 0.3) is 5.91 Å². The molecule has 0 N–H and O–H groups in total. The lowest BCUT2D eigenvalue weighted by atomic mass is 9.94. The Hall–Kier alpha value is -2.37. The first-order valence-corrected chi connectivity index (χ1v) is 7.95. The molecule has 0 aromatic heterocycles. The van der Waals surface area contributed by atoms with E-state index >= 15 is 0 Å². The van der Waals surface area contributed by atoms with Gasteiger partial charge in [0.2, 0.25) is 12.0 Å². The Bertz CT molecular complexity index is 897. The molecule has 2 aromatic rings. The van der Waals surface area contributed by atoms with Crippen LogP contribution in [-0.2, 0) is 14.4 Å². The van der Waals surface area contributed by atoms with E-state index in [4.69, 9.17) is 28.0 Å². The van der Waals surface area contributed by atoms with E-state index in [9.17, 15) is 9.59 Å². The van der Waals surface area contributed by atoms with Crippen molar-refractivity contribution in [3.05, 3.63) is 64.1 Å². The number of oxime groups is 1. The summed E-state index contributed by atoms with van der Waals surface area (Å²) in [4.78, 5) is 31.8. The number of fused-ring (bicyclic) bond motifs is 1. The highest BCUT2D eigenvalue weighted by atomic mass is 35.5. The van der Waals surface area contributed by atoms with Crippen LogP contribution in [0.5, 0.6) is 0 Å². The molecular weight excluding hydrogens is 351 g/mol. The summed E-state index contributed by atoms with van der Waals surface area (Å²) in [6, 6.07) is 13.6. The van der Waals surface area contributed by atoms with Crippen LogP contribution < -0.4 is 4.90 Å². The van der Waals surface area contributed by atoms with E-state index in [0.29, 0.717) is 27.0 Å². The number of nitrogens with zero attached hydrogens (tertiary/aromatic N) is 2. The maximum absolute atomic E-state index is 12.9. The summed E-state index contributed by atoms with van der Waals surface area (Å²) in [7, 11) is 0. The Labute approximate surface area is 147 Å². The van der Waals surface area contributed by atoms with E-state index in [1.807, 2.05) is 0 Å². The largest absolute Gasteiger partial charge is 0.381 e. The molecular formula is C17H10Cl2N2O3. The molecule has 0 unspecified atom stereocenters. The molecule has 2 amide bonds. The molecule has 2 aromatic carbocycles. The number of amides is 2. The van der Waals surface area contributed by atoms with E-state index in [1.165, 1.54) is 0 Å². The molecule has 2 aliphatic rings. The number of anilines is 1. The number of carbonyl (C=O) groups excluding carboxylic acids is 2. The van der Waals surface area contributed by atoms with Gasteiger partial charge in [-0.25, -0.2) is 4.90 Å². The van der Waals surface area contributed by atoms with Crippen LogP contribution in [0.3, 0.4) is 0 Å². The molecule has 5 nitrogen and oxygen atoms in total. The SMILES string of the molecule is O=C1[C@@H]2C(c3ccccc3Cl)=NO[C@H]2C(=O)N1c1cccc(Cl)c1. The maximum Gasteiger partial charge on any atom is 0.278 e. The molecule has 2 atom stereocenters. The second kappa shape index (κ2) is 5.61. The van der Waals surface area contributed by atoms with E-state index < -0.39 is 23.8 Å². The molecule has 2 aliphatic heterocycles. The number of benzene rings is 2. The number of hydrogen-bond donors (Lipinski definition) is 0. The fraction of sp³-hybridized carbons (Fsp3) is 0.118. The number of halogens is 2. The molecule has 0 radical (unpaired) electrons. The predicted octanol–water partition coefficient (Wildman–Crippen LogP) is 3.29. The zero-order chi connectivity index (χ0) is 16.8. The van der Waals surface area contributed by atoms with Crippen molar-refractivity contribution >= 4 is 46.4 Å². The molecule has 4 rings (SSSR count).